The number of amides is 1. The molecule has 2 aliphatic heterocycles. The monoisotopic (exact) mass is 416 g/mol. The van der Waals surface area contributed by atoms with Crippen LogP contribution >= 0.6 is 11.8 Å². The van der Waals surface area contributed by atoms with Crippen molar-refractivity contribution < 1.29 is 17.9 Å². The molecule has 1 amide bonds. The van der Waals surface area contributed by atoms with E-state index in [4.69, 9.17) is 4.74 Å². The van der Waals surface area contributed by atoms with Gasteiger partial charge in [-0.15, -0.1) is 0 Å². The summed E-state index contributed by atoms with van der Waals surface area (Å²) in [7, 11) is -3.08. The summed E-state index contributed by atoms with van der Waals surface area (Å²) in [6.45, 7) is 1.76. The summed E-state index contributed by atoms with van der Waals surface area (Å²) in [5.41, 5.74) is 0.806. The highest BCUT2D eigenvalue weighted by Crippen LogP contribution is 2.41. The van der Waals surface area contributed by atoms with E-state index in [2.05, 4.69) is 4.99 Å². The molecule has 2 atom stereocenters. The zero-order valence-corrected chi connectivity index (χ0v) is 16.9. The van der Waals surface area contributed by atoms with Crippen molar-refractivity contribution in [3.63, 3.8) is 0 Å². The van der Waals surface area contributed by atoms with Gasteiger partial charge in [0.1, 0.15) is 11.5 Å². The maximum Gasteiger partial charge on any atom is 0.247 e. The summed E-state index contributed by atoms with van der Waals surface area (Å²) in [4.78, 5) is 18.0. The van der Waals surface area contributed by atoms with E-state index in [0.717, 1.165) is 11.4 Å². The zero-order chi connectivity index (χ0) is 19.7. The number of ether oxygens (including phenoxy) is 1. The number of carbonyl (C=O) groups excluding carboxylic acids is 1. The van der Waals surface area contributed by atoms with Crippen molar-refractivity contribution >= 4 is 38.4 Å². The minimum absolute atomic E-state index is 0.0757. The van der Waals surface area contributed by atoms with Crippen LogP contribution in [0.5, 0.6) is 11.5 Å². The first-order chi connectivity index (χ1) is 13.4. The standard InChI is InChI=1S/C20H20N2O4S2/c1-2-19(23)21-20-22(17-12-28(24,25)13-18(17)27-20)14-8-10-16(11-9-14)26-15-6-4-3-5-7-15/h3-11,17-18H,2,12-13H2,1H3/t17-,18+/m1/s1. The third-order valence-corrected chi connectivity index (χ3v) is 7.89. The number of rotatable bonds is 4. The van der Waals surface area contributed by atoms with E-state index in [0.29, 0.717) is 17.3 Å². The molecule has 8 heteroatoms. The second-order valence-corrected chi connectivity index (χ2v) is 10.1. The van der Waals surface area contributed by atoms with Gasteiger partial charge in [-0.05, 0) is 36.4 Å². The number of aliphatic imine (C=N–C) groups is 1. The molecule has 6 nitrogen and oxygen atoms in total. The Hall–Kier alpha value is -2.32. The van der Waals surface area contributed by atoms with Crippen molar-refractivity contribution in [2.24, 2.45) is 4.99 Å². The maximum absolute atomic E-state index is 12.1. The van der Waals surface area contributed by atoms with Crippen molar-refractivity contribution in [3.8, 4) is 11.5 Å². The van der Waals surface area contributed by atoms with E-state index in [-0.39, 0.29) is 28.7 Å². The van der Waals surface area contributed by atoms with Gasteiger partial charge < -0.3 is 9.64 Å². The van der Waals surface area contributed by atoms with Crippen molar-refractivity contribution in [2.45, 2.75) is 24.6 Å². The summed E-state index contributed by atoms with van der Waals surface area (Å²) in [5, 5.41) is 0.474. The number of hydrogen-bond acceptors (Lipinski definition) is 5. The first-order valence-corrected chi connectivity index (χ1v) is 11.8. The number of sulfone groups is 1. The van der Waals surface area contributed by atoms with Gasteiger partial charge in [-0.25, -0.2) is 8.42 Å². The predicted molar refractivity (Wildman–Crippen MR) is 112 cm³/mol. The fraction of sp³-hybridized carbons (Fsp3) is 0.300. The average molecular weight is 417 g/mol. The van der Waals surface area contributed by atoms with Crippen LogP contribution < -0.4 is 9.64 Å². The molecule has 28 heavy (non-hydrogen) atoms. The van der Waals surface area contributed by atoms with Gasteiger partial charge in [-0.2, -0.15) is 4.99 Å². The van der Waals surface area contributed by atoms with Gasteiger partial charge in [0.25, 0.3) is 0 Å². The molecule has 0 spiro atoms. The lowest BCUT2D eigenvalue weighted by atomic mass is 10.2. The summed E-state index contributed by atoms with van der Waals surface area (Å²) >= 11 is 1.38. The van der Waals surface area contributed by atoms with Crippen LogP contribution in [0.15, 0.2) is 59.6 Å². The molecule has 2 aliphatic rings. The topological polar surface area (TPSA) is 76.0 Å². The van der Waals surface area contributed by atoms with Gasteiger partial charge in [0, 0.05) is 17.4 Å². The maximum atomic E-state index is 12.1. The molecule has 0 unspecified atom stereocenters. The highest BCUT2D eigenvalue weighted by atomic mass is 32.2. The Morgan fingerprint density at radius 1 is 1.11 bits per heavy atom. The molecule has 0 radical (unpaired) electrons. The van der Waals surface area contributed by atoms with E-state index in [1.54, 1.807) is 6.92 Å². The smallest absolute Gasteiger partial charge is 0.247 e. The fourth-order valence-corrected chi connectivity index (χ4v) is 7.28. The van der Waals surface area contributed by atoms with Gasteiger partial charge in [0.05, 0.1) is 17.5 Å². The molecule has 0 aliphatic carbocycles. The Morgan fingerprint density at radius 3 is 2.46 bits per heavy atom. The number of carbonyl (C=O) groups is 1. The molecule has 2 heterocycles. The number of hydrogen-bond donors (Lipinski definition) is 0. The Morgan fingerprint density at radius 2 is 1.79 bits per heavy atom. The summed E-state index contributed by atoms with van der Waals surface area (Å²) in [6, 6.07) is 16.7. The van der Waals surface area contributed by atoms with Crippen LogP contribution in [0.1, 0.15) is 13.3 Å². The Balaban J connectivity index is 1.62. The summed E-state index contributed by atoms with van der Waals surface area (Å²) < 4.78 is 30.0. The van der Waals surface area contributed by atoms with E-state index >= 15 is 0 Å². The molecule has 2 saturated heterocycles. The van der Waals surface area contributed by atoms with Gasteiger partial charge in [-0.3, -0.25) is 4.79 Å². The summed E-state index contributed by atoms with van der Waals surface area (Å²) in [5.74, 6) is 1.41. The lowest BCUT2D eigenvalue weighted by Crippen LogP contribution is -2.37. The van der Waals surface area contributed by atoms with Gasteiger partial charge in [0.15, 0.2) is 15.0 Å². The largest absolute Gasteiger partial charge is 0.457 e. The molecule has 0 N–H and O–H groups in total. The third-order valence-electron chi connectivity index (χ3n) is 4.68. The second kappa shape index (κ2) is 7.60. The van der Waals surface area contributed by atoms with Crippen LogP contribution in [-0.2, 0) is 14.6 Å². The number of thioether (sulfide) groups is 1. The Kier molecular flexibility index (Phi) is 5.16. The van der Waals surface area contributed by atoms with Crippen LogP contribution in [0.2, 0.25) is 0 Å². The molecule has 0 saturated carbocycles. The number of benzene rings is 2. The van der Waals surface area contributed by atoms with Crippen LogP contribution in [0.3, 0.4) is 0 Å². The van der Waals surface area contributed by atoms with E-state index in [1.165, 1.54) is 11.8 Å². The van der Waals surface area contributed by atoms with Crippen LogP contribution in [-0.4, -0.2) is 42.3 Å². The van der Waals surface area contributed by atoms with Crippen LogP contribution in [0.25, 0.3) is 0 Å². The molecule has 2 fully saturated rings. The molecular weight excluding hydrogens is 396 g/mol. The molecule has 146 valence electrons. The molecule has 2 aromatic rings. The molecule has 4 rings (SSSR count). The first kappa shape index (κ1) is 19.0. The van der Waals surface area contributed by atoms with Crippen molar-refractivity contribution in [2.75, 3.05) is 16.4 Å². The Bertz CT molecular complexity index is 1000. The van der Waals surface area contributed by atoms with Crippen LogP contribution in [0.4, 0.5) is 5.69 Å². The lowest BCUT2D eigenvalue weighted by molar-refractivity contribution is -0.117. The van der Waals surface area contributed by atoms with Gasteiger partial charge in [0.2, 0.25) is 5.91 Å². The number of amidine groups is 1. The molecule has 0 aromatic heterocycles. The molecular formula is C20H20N2O4S2. The van der Waals surface area contributed by atoms with E-state index < -0.39 is 9.84 Å². The zero-order valence-electron chi connectivity index (χ0n) is 15.3. The first-order valence-electron chi connectivity index (χ1n) is 9.06. The van der Waals surface area contributed by atoms with E-state index in [9.17, 15) is 13.2 Å². The number of fused-ring (bicyclic) bond motifs is 1. The number of anilines is 1. The van der Waals surface area contributed by atoms with Gasteiger partial charge in [-0.1, -0.05) is 36.9 Å². The average Bonchev–Trinajstić information content (AvgIpc) is 3.14. The van der Waals surface area contributed by atoms with Crippen molar-refractivity contribution in [3.05, 3.63) is 54.6 Å². The van der Waals surface area contributed by atoms with Crippen molar-refractivity contribution in [1.29, 1.82) is 0 Å². The third kappa shape index (κ3) is 3.93. The quantitative estimate of drug-likeness (QED) is 0.759. The van der Waals surface area contributed by atoms with Gasteiger partial charge >= 0.3 is 0 Å². The minimum atomic E-state index is -3.08. The highest BCUT2D eigenvalue weighted by Gasteiger charge is 2.49. The minimum Gasteiger partial charge on any atom is -0.457 e. The summed E-state index contributed by atoms with van der Waals surface area (Å²) in [6.07, 6.45) is 0.315. The molecule has 2 aromatic carbocycles. The Labute approximate surface area is 168 Å². The SMILES string of the molecule is CCC(=O)N=C1S[C@H]2CS(=O)(=O)C[C@H]2N1c1ccc(Oc2ccccc2)cc1. The van der Waals surface area contributed by atoms with E-state index in [1.807, 2.05) is 59.5 Å². The second-order valence-electron chi connectivity index (χ2n) is 6.72. The number of nitrogens with zero attached hydrogens (tertiary/aromatic N) is 2. The van der Waals surface area contributed by atoms with Crippen LogP contribution in [0, 0.1) is 0 Å². The highest BCUT2D eigenvalue weighted by molar-refractivity contribution is 8.16. The number of para-hydroxylation sites is 1. The molecule has 0 bridgehead atoms. The predicted octanol–water partition coefficient (Wildman–Crippen LogP) is 3.49. The lowest BCUT2D eigenvalue weighted by Gasteiger charge is -2.24. The fourth-order valence-electron chi connectivity index (χ4n) is 3.35. The normalized spacial score (nSPS) is 24.3. The van der Waals surface area contributed by atoms with Crippen molar-refractivity contribution in [1.82, 2.24) is 0 Å².